The third-order valence-corrected chi connectivity index (χ3v) is 4.13. The summed E-state index contributed by atoms with van der Waals surface area (Å²) in [5, 5.41) is 4.49. The summed E-state index contributed by atoms with van der Waals surface area (Å²) in [6, 6.07) is 4.97. The number of aromatic nitrogens is 2. The van der Waals surface area contributed by atoms with Crippen molar-refractivity contribution in [2.45, 2.75) is 33.4 Å². The quantitative estimate of drug-likeness (QED) is 0.939. The molecular weight excluding hydrogens is 309 g/mol. The van der Waals surface area contributed by atoms with Crippen molar-refractivity contribution in [2.24, 2.45) is 5.73 Å². The maximum absolute atomic E-state index is 13.5. The van der Waals surface area contributed by atoms with Crippen LogP contribution in [0.25, 0.3) is 0 Å². The van der Waals surface area contributed by atoms with E-state index in [1.807, 2.05) is 31.5 Å². The minimum absolute atomic E-state index is 0.0512. The third kappa shape index (κ3) is 2.72. The molecule has 19 heavy (non-hydrogen) atoms. The molecule has 102 valence electrons. The van der Waals surface area contributed by atoms with E-state index in [-0.39, 0.29) is 11.9 Å². The monoisotopic (exact) mass is 325 g/mol. The number of nitrogens with two attached hydrogens (primary N) is 1. The molecule has 0 saturated heterocycles. The first kappa shape index (κ1) is 14.2. The normalized spacial score (nSPS) is 12.7. The van der Waals surface area contributed by atoms with Crippen LogP contribution in [-0.2, 0) is 6.54 Å². The molecule has 2 aromatic rings. The molecule has 1 heterocycles. The van der Waals surface area contributed by atoms with E-state index < -0.39 is 0 Å². The molecule has 3 nitrogen and oxygen atoms in total. The van der Waals surface area contributed by atoms with Crippen LogP contribution in [0.4, 0.5) is 4.39 Å². The minimum atomic E-state index is -0.258. The summed E-state index contributed by atoms with van der Waals surface area (Å²) in [6.45, 7) is 6.41. The summed E-state index contributed by atoms with van der Waals surface area (Å²) in [4.78, 5) is 0. The first-order valence-corrected chi connectivity index (χ1v) is 6.93. The van der Waals surface area contributed by atoms with Gasteiger partial charge in [-0.05, 0) is 48.3 Å². The van der Waals surface area contributed by atoms with Crippen LogP contribution in [0.1, 0.15) is 35.5 Å². The second-order valence-corrected chi connectivity index (χ2v) is 5.54. The fraction of sp³-hybridized carbons (Fsp3) is 0.357. The number of halogens is 2. The molecule has 0 bridgehead atoms. The van der Waals surface area contributed by atoms with Crippen LogP contribution in [0.2, 0.25) is 0 Å². The van der Waals surface area contributed by atoms with Crippen molar-refractivity contribution in [2.75, 3.05) is 0 Å². The van der Waals surface area contributed by atoms with Crippen molar-refractivity contribution in [1.29, 1.82) is 0 Å². The smallest absolute Gasteiger partial charge is 0.137 e. The van der Waals surface area contributed by atoms with E-state index in [0.717, 1.165) is 22.5 Å². The summed E-state index contributed by atoms with van der Waals surface area (Å²) in [7, 11) is 0. The van der Waals surface area contributed by atoms with Gasteiger partial charge in [-0.25, -0.2) is 4.39 Å². The van der Waals surface area contributed by atoms with Gasteiger partial charge >= 0.3 is 0 Å². The second kappa shape index (κ2) is 5.43. The summed E-state index contributed by atoms with van der Waals surface area (Å²) >= 11 is 3.28. The van der Waals surface area contributed by atoms with Crippen LogP contribution in [0.5, 0.6) is 0 Å². The van der Waals surface area contributed by atoms with Gasteiger partial charge in [0.2, 0.25) is 0 Å². The van der Waals surface area contributed by atoms with Gasteiger partial charge in [0.15, 0.2) is 0 Å². The van der Waals surface area contributed by atoms with Crippen LogP contribution < -0.4 is 5.73 Å². The van der Waals surface area contributed by atoms with Crippen molar-refractivity contribution in [1.82, 2.24) is 9.78 Å². The molecule has 5 heteroatoms. The van der Waals surface area contributed by atoms with Crippen molar-refractivity contribution in [3.63, 3.8) is 0 Å². The lowest BCUT2D eigenvalue weighted by Gasteiger charge is -2.09. The molecule has 0 radical (unpaired) electrons. The highest BCUT2D eigenvalue weighted by Crippen LogP contribution is 2.24. The average molecular weight is 326 g/mol. The van der Waals surface area contributed by atoms with E-state index >= 15 is 0 Å². The van der Waals surface area contributed by atoms with Gasteiger partial charge in [0.1, 0.15) is 5.82 Å². The Morgan fingerprint density at radius 1 is 1.42 bits per heavy atom. The van der Waals surface area contributed by atoms with Gasteiger partial charge in [0.05, 0.1) is 16.7 Å². The van der Waals surface area contributed by atoms with Gasteiger partial charge in [-0.1, -0.05) is 12.1 Å². The Hall–Kier alpha value is -1.20. The Kier molecular flexibility index (Phi) is 4.06. The predicted molar refractivity (Wildman–Crippen MR) is 77.5 cm³/mol. The third-order valence-electron chi connectivity index (χ3n) is 3.24. The van der Waals surface area contributed by atoms with Crippen molar-refractivity contribution in [3.8, 4) is 0 Å². The molecule has 0 aliphatic heterocycles. The molecule has 1 aromatic heterocycles. The van der Waals surface area contributed by atoms with Crippen LogP contribution >= 0.6 is 15.9 Å². The SMILES string of the molecule is Cc1nn(Cc2cccc(F)c2Br)c(C)c1C(C)N. The minimum Gasteiger partial charge on any atom is -0.324 e. The molecule has 0 fully saturated rings. The van der Waals surface area contributed by atoms with Gasteiger partial charge in [0.25, 0.3) is 0 Å². The van der Waals surface area contributed by atoms with E-state index in [4.69, 9.17) is 5.73 Å². The zero-order valence-corrected chi connectivity index (χ0v) is 12.8. The maximum Gasteiger partial charge on any atom is 0.137 e. The van der Waals surface area contributed by atoms with Crippen molar-refractivity contribution < 1.29 is 4.39 Å². The van der Waals surface area contributed by atoms with Crippen LogP contribution in [0, 0.1) is 19.7 Å². The Balaban J connectivity index is 2.39. The molecule has 0 aliphatic carbocycles. The Morgan fingerprint density at radius 2 is 2.11 bits per heavy atom. The lowest BCUT2D eigenvalue weighted by atomic mass is 10.1. The fourth-order valence-corrected chi connectivity index (χ4v) is 2.75. The van der Waals surface area contributed by atoms with Gasteiger partial charge < -0.3 is 5.73 Å². The molecule has 0 aliphatic rings. The van der Waals surface area contributed by atoms with E-state index in [1.54, 1.807) is 6.07 Å². The van der Waals surface area contributed by atoms with E-state index in [2.05, 4.69) is 21.0 Å². The highest BCUT2D eigenvalue weighted by atomic mass is 79.9. The second-order valence-electron chi connectivity index (χ2n) is 4.74. The number of rotatable bonds is 3. The van der Waals surface area contributed by atoms with Gasteiger partial charge in [0, 0.05) is 17.3 Å². The maximum atomic E-state index is 13.5. The van der Waals surface area contributed by atoms with Crippen molar-refractivity contribution in [3.05, 3.63) is 51.0 Å². The lowest BCUT2D eigenvalue weighted by molar-refractivity contribution is 0.607. The zero-order chi connectivity index (χ0) is 14.2. The highest BCUT2D eigenvalue weighted by molar-refractivity contribution is 9.10. The molecule has 0 spiro atoms. The van der Waals surface area contributed by atoms with E-state index in [9.17, 15) is 4.39 Å². The van der Waals surface area contributed by atoms with Crippen LogP contribution in [0.15, 0.2) is 22.7 Å². The number of aryl methyl sites for hydroxylation is 1. The highest BCUT2D eigenvalue weighted by Gasteiger charge is 2.15. The molecule has 2 N–H and O–H groups in total. The predicted octanol–water partition coefficient (Wildman–Crippen LogP) is 3.47. The number of hydrogen-bond donors (Lipinski definition) is 1. The molecule has 2 rings (SSSR count). The fourth-order valence-electron chi connectivity index (χ4n) is 2.36. The van der Waals surface area contributed by atoms with Gasteiger partial charge in [-0.3, -0.25) is 4.68 Å². The Bertz CT molecular complexity index is 605. The molecule has 1 atom stereocenters. The number of benzene rings is 1. The first-order chi connectivity index (χ1) is 8.91. The Labute approximate surface area is 120 Å². The average Bonchev–Trinajstić information content (AvgIpc) is 2.60. The molecule has 0 saturated carbocycles. The zero-order valence-electron chi connectivity index (χ0n) is 11.2. The van der Waals surface area contributed by atoms with Gasteiger partial charge in [-0.15, -0.1) is 0 Å². The number of nitrogens with zero attached hydrogens (tertiary/aromatic N) is 2. The first-order valence-electron chi connectivity index (χ1n) is 6.14. The molecule has 1 aromatic carbocycles. The summed E-state index contributed by atoms with van der Waals surface area (Å²) in [5.74, 6) is -0.258. The van der Waals surface area contributed by atoms with Crippen LogP contribution in [-0.4, -0.2) is 9.78 Å². The van der Waals surface area contributed by atoms with E-state index in [0.29, 0.717) is 11.0 Å². The molecular formula is C14H17BrFN3. The standard InChI is InChI=1S/C14H17BrFN3/c1-8(17)13-9(2)18-19(10(13)3)7-11-5-4-6-12(16)14(11)15/h4-6,8H,7,17H2,1-3H3. The summed E-state index contributed by atoms with van der Waals surface area (Å²) in [6.07, 6.45) is 0. The summed E-state index contributed by atoms with van der Waals surface area (Å²) < 4.78 is 15.9. The van der Waals surface area contributed by atoms with Crippen molar-refractivity contribution >= 4 is 15.9 Å². The topological polar surface area (TPSA) is 43.8 Å². The molecule has 1 unspecified atom stereocenters. The Morgan fingerprint density at radius 3 is 2.68 bits per heavy atom. The molecule has 0 amide bonds. The summed E-state index contributed by atoms with van der Waals surface area (Å²) in [5.41, 5.74) is 9.84. The largest absolute Gasteiger partial charge is 0.324 e. The van der Waals surface area contributed by atoms with Gasteiger partial charge in [-0.2, -0.15) is 5.10 Å². The van der Waals surface area contributed by atoms with E-state index in [1.165, 1.54) is 6.07 Å². The van der Waals surface area contributed by atoms with Crippen LogP contribution in [0.3, 0.4) is 0 Å². The lowest BCUT2D eigenvalue weighted by Crippen LogP contribution is -2.09. The number of hydrogen-bond acceptors (Lipinski definition) is 2.